The number of nitrogens with two attached hydrogens (primary N) is 2. The minimum absolute atomic E-state index is 0.130. The SMILES string of the molecule is CN(CC(N)=O)C(=O)c1sc(N2CCCCCC2)nc1N. The molecule has 1 saturated heterocycles. The zero-order valence-electron chi connectivity index (χ0n) is 12.2. The van der Waals surface area contributed by atoms with E-state index in [1.54, 1.807) is 0 Å². The quantitative estimate of drug-likeness (QED) is 0.850. The maximum Gasteiger partial charge on any atom is 0.268 e. The highest BCUT2D eigenvalue weighted by atomic mass is 32.1. The molecule has 7 nitrogen and oxygen atoms in total. The second-order valence-electron chi connectivity index (χ2n) is 5.24. The lowest BCUT2D eigenvalue weighted by Crippen LogP contribution is -2.35. The summed E-state index contributed by atoms with van der Waals surface area (Å²) < 4.78 is 0. The first-order valence-corrected chi connectivity index (χ1v) is 7.85. The summed E-state index contributed by atoms with van der Waals surface area (Å²) in [5, 5.41) is 0.783. The Morgan fingerprint density at radius 1 is 1.29 bits per heavy atom. The largest absolute Gasteiger partial charge is 0.382 e. The van der Waals surface area contributed by atoms with Crippen molar-refractivity contribution in [1.82, 2.24) is 9.88 Å². The average Bonchev–Trinajstić information content (AvgIpc) is 2.65. The van der Waals surface area contributed by atoms with Gasteiger partial charge in [0.15, 0.2) is 5.13 Å². The molecule has 0 unspecified atom stereocenters. The maximum atomic E-state index is 12.3. The van der Waals surface area contributed by atoms with Gasteiger partial charge in [0, 0.05) is 20.1 Å². The molecule has 2 heterocycles. The fourth-order valence-corrected chi connectivity index (χ4v) is 3.38. The van der Waals surface area contributed by atoms with Crippen LogP contribution in [0, 0.1) is 0 Å². The van der Waals surface area contributed by atoms with Crippen molar-refractivity contribution in [2.45, 2.75) is 25.7 Å². The molecule has 0 aliphatic carbocycles. The zero-order valence-corrected chi connectivity index (χ0v) is 13.0. The van der Waals surface area contributed by atoms with Crippen LogP contribution in [0.2, 0.25) is 0 Å². The van der Waals surface area contributed by atoms with Crippen LogP contribution in [-0.2, 0) is 4.79 Å². The van der Waals surface area contributed by atoms with Crippen molar-refractivity contribution in [3.63, 3.8) is 0 Å². The molecule has 116 valence electrons. The van der Waals surface area contributed by atoms with Crippen LogP contribution in [0.1, 0.15) is 35.4 Å². The smallest absolute Gasteiger partial charge is 0.268 e. The van der Waals surface area contributed by atoms with Gasteiger partial charge in [-0.2, -0.15) is 0 Å². The minimum atomic E-state index is -0.554. The molecule has 0 saturated carbocycles. The highest BCUT2D eigenvalue weighted by Crippen LogP contribution is 2.30. The van der Waals surface area contributed by atoms with E-state index in [1.807, 2.05) is 0 Å². The Labute approximate surface area is 127 Å². The third-order valence-corrected chi connectivity index (χ3v) is 4.57. The van der Waals surface area contributed by atoms with E-state index in [-0.39, 0.29) is 18.3 Å². The van der Waals surface area contributed by atoms with Crippen LogP contribution < -0.4 is 16.4 Å². The predicted octanol–water partition coefficient (Wildman–Crippen LogP) is 0.663. The number of anilines is 2. The number of hydrogen-bond donors (Lipinski definition) is 2. The van der Waals surface area contributed by atoms with Crippen molar-refractivity contribution >= 4 is 34.1 Å². The van der Waals surface area contributed by atoms with Crippen LogP contribution in [0.15, 0.2) is 0 Å². The molecule has 2 rings (SSSR count). The molecule has 0 bridgehead atoms. The van der Waals surface area contributed by atoms with Crippen LogP contribution in [-0.4, -0.2) is 48.4 Å². The lowest BCUT2D eigenvalue weighted by Gasteiger charge is -2.18. The number of nitrogens with zero attached hydrogens (tertiary/aromatic N) is 3. The molecule has 4 N–H and O–H groups in total. The van der Waals surface area contributed by atoms with Crippen molar-refractivity contribution in [2.24, 2.45) is 5.73 Å². The number of carbonyl (C=O) groups is 2. The van der Waals surface area contributed by atoms with Gasteiger partial charge in [0.25, 0.3) is 5.91 Å². The van der Waals surface area contributed by atoms with E-state index in [2.05, 4.69) is 9.88 Å². The van der Waals surface area contributed by atoms with Gasteiger partial charge in [0.2, 0.25) is 5.91 Å². The summed E-state index contributed by atoms with van der Waals surface area (Å²) in [7, 11) is 1.53. The Balaban J connectivity index is 2.14. The number of nitrogen functional groups attached to an aromatic ring is 1. The molecule has 0 spiro atoms. The number of amides is 2. The van der Waals surface area contributed by atoms with Gasteiger partial charge in [-0.1, -0.05) is 24.2 Å². The fourth-order valence-electron chi connectivity index (χ4n) is 2.35. The summed E-state index contributed by atoms with van der Waals surface area (Å²) in [6.07, 6.45) is 4.71. The maximum absolute atomic E-state index is 12.3. The van der Waals surface area contributed by atoms with Crippen LogP contribution >= 0.6 is 11.3 Å². The van der Waals surface area contributed by atoms with Gasteiger partial charge in [-0.25, -0.2) is 4.98 Å². The van der Waals surface area contributed by atoms with Crippen molar-refractivity contribution in [1.29, 1.82) is 0 Å². The third-order valence-electron chi connectivity index (χ3n) is 3.45. The van der Waals surface area contributed by atoms with Crippen LogP contribution in [0.25, 0.3) is 0 Å². The summed E-state index contributed by atoms with van der Waals surface area (Å²) in [5.41, 5.74) is 11.0. The first kappa shape index (κ1) is 15.6. The molecule has 1 aromatic rings. The van der Waals surface area contributed by atoms with Gasteiger partial charge >= 0.3 is 0 Å². The van der Waals surface area contributed by atoms with Gasteiger partial charge in [-0.05, 0) is 12.8 Å². The van der Waals surface area contributed by atoms with E-state index in [0.717, 1.165) is 31.1 Å². The average molecular weight is 311 g/mol. The molecular formula is C13H21N5O2S. The van der Waals surface area contributed by atoms with Crippen LogP contribution in [0.5, 0.6) is 0 Å². The summed E-state index contributed by atoms with van der Waals surface area (Å²) in [6, 6.07) is 0. The van der Waals surface area contributed by atoms with Crippen molar-refractivity contribution < 1.29 is 9.59 Å². The topological polar surface area (TPSA) is 106 Å². The van der Waals surface area contributed by atoms with Gasteiger partial charge in [0.1, 0.15) is 10.7 Å². The molecule has 8 heteroatoms. The number of rotatable bonds is 4. The molecular weight excluding hydrogens is 290 g/mol. The Morgan fingerprint density at radius 3 is 2.48 bits per heavy atom. The van der Waals surface area contributed by atoms with E-state index in [1.165, 1.54) is 36.1 Å². The van der Waals surface area contributed by atoms with E-state index in [9.17, 15) is 9.59 Å². The Morgan fingerprint density at radius 2 is 1.90 bits per heavy atom. The van der Waals surface area contributed by atoms with Crippen molar-refractivity contribution in [2.75, 3.05) is 37.3 Å². The van der Waals surface area contributed by atoms with E-state index in [4.69, 9.17) is 11.5 Å². The molecule has 1 aliphatic rings. The van der Waals surface area contributed by atoms with Gasteiger partial charge < -0.3 is 21.3 Å². The Hall–Kier alpha value is -1.83. The molecule has 1 aliphatic heterocycles. The molecule has 1 fully saturated rings. The normalized spacial score (nSPS) is 15.6. The second-order valence-corrected chi connectivity index (χ2v) is 6.22. The summed E-state index contributed by atoms with van der Waals surface area (Å²) in [6.45, 7) is 1.75. The lowest BCUT2D eigenvalue weighted by atomic mass is 10.2. The van der Waals surface area contributed by atoms with E-state index < -0.39 is 5.91 Å². The number of thiazole rings is 1. The van der Waals surface area contributed by atoms with Crippen LogP contribution in [0.3, 0.4) is 0 Å². The molecule has 1 aromatic heterocycles. The zero-order chi connectivity index (χ0) is 15.4. The summed E-state index contributed by atoms with van der Waals surface area (Å²) in [5.74, 6) is -0.646. The van der Waals surface area contributed by atoms with Gasteiger partial charge in [-0.3, -0.25) is 9.59 Å². The van der Waals surface area contributed by atoms with Gasteiger partial charge in [-0.15, -0.1) is 0 Å². The lowest BCUT2D eigenvalue weighted by molar-refractivity contribution is -0.118. The minimum Gasteiger partial charge on any atom is -0.382 e. The van der Waals surface area contributed by atoms with E-state index in [0.29, 0.717) is 4.88 Å². The number of hydrogen-bond acceptors (Lipinski definition) is 6. The molecule has 0 atom stereocenters. The first-order chi connectivity index (χ1) is 9.99. The Kier molecular flexibility index (Phi) is 5.00. The highest BCUT2D eigenvalue weighted by molar-refractivity contribution is 7.18. The van der Waals surface area contributed by atoms with E-state index >= 15 is 0 Å². The van der Waals surface area contributed by atoms with Crippen LogP contribution in [0.4, 0.5) is 10.9 Å². The highest BCUT2D eigenvalue weighted by Gasteiger charge is 2.23. The monoisotopic (exact) mass is 311 g/mol. The summed E-state index contributed by atoms with van der Waals surface area (Å²) in [4.78, 5) is 31.3. The number of likely N-dealkylation sites (N-methyl/N-ethyl adjacent to an activating group) is 1. The molecule has 0 aromatic carbocycles. The number of aromatic nitrogens is 1. The third kappa shape index (κ3) is 3.84. The Bertz CT molecular complexity index is 523. The standard InChI is InChI=1S/C13H21N5O2S/c1-17(8-9(14)19)12(20)10-11(15)16-13(21-10)18-6-4-2-3-5-7-18/h2-8,15H2,1H3,(H2,14,19). The molecule has 0 radical (unpaired) electrons. The first-order valence-electron chi connectivity index (χ1n) is 7.04. The fraction of sp³-hybridized carbons (Fsp3) is 0.615. The summed E-state index contributed by atoms with van der Waals surface area (Å²) >= 11 is 1.29. The number of carbonyl (C=O) groups excluding carboxylic acids is 2. The van der Waals surface area contributed by atoms with Crippen molar-refractivity contribution in [3.8, 4) is 0 Å². The van der Waals surface area contributed by atoms with Crippen molar-refractivity contribution in [3.05, 3.63) is 4.88 Å². The molecule has 2 amide bonds. The van der Waals surface area contributed by atoms with Gasteiger partial charge in [0.05, 0.1) is 6.54 Å². The number of primary amides is 1. The second kappa shape index (κ2) is 6.75. The molecule has 21 heavy (non-hydrogen) atoms. The predicted molar refractivity (Wildman–Crippen MR) is 83.4 cm³/mol.